The van der Waals surface area contributed by atoms with Crippen LogP contribution >= 0.6 is 11.6 Å². The highest BCUT2D eigenvalue weighted by Crippen LogP contribution is 2.30. The van der Waals surface area contributed by atoms with Crippen molar-refractivity contribution in [1.82, 2.24) is 5.32 Å². The molecule has 0 bridgehead atoms. The Morgan fingerprint density at radius 3 is 2.30 bits per heavy atom. The summed E-state index contributed by atoms with van der Waals surface area (Å²) >= 11 is 6.23. The maximum atomic E-state index is 13.4. The molecule has 0 heterocycles. The van der Waals surface area contributed by atoms with E-state index in [1.807, 2.05) is 31.2 Å². The van der Waals surface area contributed by atoms with Crippen LogP contribution < -0.4 is 9.62 Å². The molecule has 5 nitrogen and oxygen atoms in total. The molecule has 30 heavy (non-hydrogen) atoms. The normalized spacial score (nSPS) is 11.2. The van der Waals surface area contributed by atoms with Crippen LogP contribution in [0.5, 0.6) is 0 Å². The van der Waals surface area contributed by atoms with Crippen molar-refractivity contribution in [2.24, 2.45) is 0 Å². The molecule has 0 saturated carbocycles. The number of carbonyl (C=O) groups excluding carboxylic acids is 1. The quantitative estimate of drug-likeness (QED) is 0.587. The Morgan fingerprint density at radius 2 is 1.60 bits per heavy atom. The number of amides is 1. The highest BCUT2D eigenvalue weighted by Gasteiger charge is 2.28. The minimum atomic E-state index is -3.97. The van der Waals surface area contributed by atoms with Crippen molar-refractivity contribution >= 4 is 33.2 Å². The van der Waals surface area contributed by atoms with Crippen molar-refractivity contribution < 1.29 is 13.2 Å². The van der Waals surface area contributed by atoms with Crippen molar-refractivity contribution in [2.45, 2.75) is 25.3 Å². The summed E-state index contributed by atoms with van der Waals surface area (Å²) in [6, 6.07) is 20.8. The lowest BCUT2D eigenvalue weighted by atomic mass is 10.1. The summed E-state index contributed by atoms with van der Waals surface area (Å²) in [5.74, 6) is -0.405. The highest BCUT2D eigenvalue weighted by atomic mass is 35.5. The SMILES string of the molecule is Cc1ccccc1CNC(=O)CN(c1cccc(Cl)c1C)S(=O)(=O)c1ccccc1. The average Bonchev–Trinajstić information content (AvgIpc) is 2.74. The van der Waals surface area contributed by atoms with Crippen molar-refractivity contribution in [1.29, 1.82) is 0 Å². The maximum Gasteiger partial charge on any atom is 0.264 e. The van der Waals surface area contributed by atoms with E-state index >= 15 is 0 Å². The summed E-state index contributed by atoms with van der Waals surface area (Å²) < 4.78 is 27.8. The van der Waals surface area contributed by atoms with Gasteiger partial charge in [0.2, 0.25) is 5.91 Å². The first-order valence-corrected chi connectivity index (χ1v) is 11.3. The second kappa shape index (κ2) is 9.32. The Labute approximate surface area is 182 Å². The Balaban J connectivity index is 1.91. The third-order valence-electron chi connectivity index (χ3n) is 4.86. The number of sulfonamides is 1. The minimum absolute atomic E-state index is 0.107. The van der Waals surface area contributed by atoms with E-state index in [-0.39, 0.29) is 11.4 Å². The molecule has 0 spiro atoms. The van der Waals surface area contributed by atoms with Gasteiger partial charge >= 0.3 is 0 Å². The number of carbonyl (C=O) groups is 1. The third-order valence-corrected chi connectivity index (χ3v) is 7.05. The van der Waals surface area contributed by atoms with E-state index in [1.54, 1.807) is 43.3 Å². The molecule has 3 rings (SSSR count). The van der Waals surface area contributed by atoms with Gasteiger partial charge in [-0.25, -0.2) is 8.42 Å². The van der Waals surface area contributed by atoms with Crippen molar-refractivity contribution in [3.63, 3.8) is 0 Å². The molecule has 7 heteroatoms. The van der Waals surface area contributed by atoms with Crippen LogP contribution in [-0.2, 0) is 21.4 Å². The van der Waals surface area contributed by atoms with Gasteiger partial charge in [0, 0.05) is 11.6 Å². The molecule has 0 aliphatic carbocycles. The predicted octanol–water partition coefficient (Wildman–Crippen LogP) is 4.47. The van der Waals surface area contributed by atoms with Crippen LogP contribution in [0.3, 0.4) is 0 Å². The number of hydrogen-bond acceptors (Lipinski definition) is 3. The fraction of sp³-hybridized carbons (Fsp3) is 0.174. The molecule has 1 amide bonds. The molecule has 0 fully saturated rings. The molecular weight excluding hydrogens is 420 g/mol. The summed E-state index contributed by atoms with van der Waals surface area (Å²) in [7, 11) is -3.97. The lowest BCUT2D eigenvalue weighted by Gasteiger charge is -2.26. The molecule has 0 aliphatic heterocycles. The topological polar surface area (TPSA) is 66.5 Å². The molecular formula is C23H23ClN2O3S. The molecule has 0 saturated heterocycles. The molecule has 0 radical (unpaired) electrons. The molecule has 1 N–H and O–H groups in total. The van der Waals surface area contributed by atoms with Crippen LogP contribution in [0.2, 0.25) is 5.02 Å². The summed E-state index contributed by atoms with van der Waals surface area (Å²) in [5, 5.41) is 3.25. The van der Waals surface area contributed by atoms with Gasteiger partial charge in [-0.1, -0.05) is 60.1 Å². The number of nitrogens with zero attached hydrogens (tertiary/aromatic N) is 1. The second-order valence-corrected chi connectivity index (χ2v) is 9.18. The van der Waals surface area contributed by atoms with E-state index in [9.17, 15) is 13.2 Å². The Morgan fingerprint density at radius 1 is 0.933 bits per heavy atom. The lowest BCUT2D eigenvalue weighted by Crippen LogP contribution is -2.41. The number of benzene rings is 3. The van der Waals surface area contributed by atoms with E-state index < -0.39 is 15.9 Å². The Bertz CT molecular complexity index is 1150. The van der Waals surface area contributed by atoms with E-state index in [2.05, 4.69) is 5.32 Å². The predicted molar refractivity (Wildman–Crippen MR) is 120 cm³/mol. The van der Waals surface area contributed by atoms with Gasteiger partial charge in [0.05, 0.1) is 10.6 Å². The van der Waals surface area contributed by atoms with Crippen molar-refractivity contribution in [3.05, 3.63) is 94.5 Å². The number of halogens is 1. The first kappa shape index (κ1) is 21.9. The van der Waals surface area contributed by atoms with Crippen LogP contribution in [0.25, 0.3) is 0 Å². The van der Waals surface area contributed by atoms with Gasteiger partial charge in [-0.3, -0.25) is 9.10 Å². The molecule has 0 aromatic heterocycles. The van der Waals surface area contributed by atoms with E-state index in [0.717, 1.165) is 15.4 Å². The fourth-order valence-electron chi connectivity index (χ4n) is 3.07. The first-order chi connectivity index (χ1) is 14.3. The van der Waals surface area contributed by atoms with Crippen LogP contribution in [0.1, 0.15) is 16.7 Å². The number of nitrogens with one attached hydrogen (secondary N) is 1. The van der Waals surface area contributed by atoms with Gasteiger partial charge in [0.25, 0.3) is 10.0 Å². The molecule has 156 valence electrons. The number of aryl methyl sites for hydroxylation is 1. The van der Waals surface area contributed by atoms with Crippen LogP contribution in [0.4, 0.5) is 5.69 Å². The molecule has 0 aliphatic rings. The summed E-state index contributed by atoms with van der Waals surface area (Å²) in [5.41, 5.74) is 2.99. The van der Waals surface area contributed by atoms with Gasteiger partial charge in [-0.2, -0.15) is 0 Å². The monoisotopic (exact) mass is 442 g/mol. The van der Waals surface area contributed by atoms with E-state index in [0.29, 0.717) is 22.8 Å². The third kappa shape index (κ3) is 4.83. The smallest absolute Gasteiger partial charge is 0.264 e. The van der Waals surface area contributed by atoms with Gasteiger partial charge in [0.15, 0.2) is 0 Å². The number of anilines is 1. The van der Waals surface area contributed by atoms with Gasteiger partial charge in [-0.05, 0) is 54.8 Å². The minimum Gasteiger partial charge on any atom is -0.350 e. The van der Waals surface area contributed by atoms with Gasteiger partial charge in [0.1, 0.15) is 6.54 Å². The van der Waals surface area contributed by atoms with Crippen LogP contribution in [-0.4, -0.2) is 20.9 Å². The molecule has 3 aromatic carbocycles. The molecule has 0 atom stereocenters. The van der Waals surface area contributed by atoms with Crippen LogP contribution in [0.15, 0.2) is 77.7 Å². The molecule has 3 aromatic rings. The van der Waals surface area contributed by atoms with Gasteiger partial charge in [-0.15, -0.1) is 0 Å². The summed E-state index contributed by atoms with van der Waals surface area (Å²) in [6.07, 6.45) is 0. The number of rotatable bonds is 7. The van der Waals surface area contributed by atoms with Crippen molar-refractivity contribution in [3.8, 4) is 0 Å². The zero-order valence-corrected chi connectivity index (χ0v) is 18.4. The lowest BCUT2D eigenvalue weighted by molar-refractivity contribution is -0.119. The highest BCUT2D eigenvalue weighted by molar-refractivity contribution is 7.92. The molecule has 0 unspecified atom stereocenters. The summed E-state index contributed by atoms with van der Waals surface area (Å²) in [4.78, 5) is 12.8. The largest absolute Gasteiger partial charge is 0.350 e. The average molecular weight is 443 g/mol. The maximum absolute atomic E-state index is 13.4. The van der Waals surface area contributed by atoms with Gasteiger partial charge < -0.3 is 5.32 Å². The van der Waals surface area contributed by atoms with Crippen molar-refractivity contribution in [2.75, 3.05) is 10.8 Å². The van der Waals surface area contributed by atoms with Crippen LogP contribution in [0, 0.1) is 13.8 Å². The fourth-order valence-corrected chi connectivity index (χ4v) is 4.74. The van der Waals surface area contributed by atoms with E-state index in [4.69, 9.17) is 11.6 Å². The zero-order chi connectivity index (χ0) is 21.7. The zero-order valence-electron chi connectivity index (χ0n) is 16.8. The Kier molecular flexibility index (Phi) is 6.80. The summed E-state index contributed by atoms with van der Waals surface area (Å²) in [6.45, 7) is 3.66. The second-order valence-electron chi connectivity index (χ2n) is 6.91. The van der Waals surface area contributed by atoms with E-state index in [1.165, 1.54) is 12.1 Å². The first-order valence-electron chi connectivity index (χ1n) is 9.45. The Hall–Kier alpha value is -2.83. The standard InChI is InChI=1S/C23H23ClN2O3S/c1-17-9-6-7-10-19(17)15-25-23(27)16-26(22-14-8-13-21(24)18(22)2)30(28,29)20-11-4-3-5-12-20/h3-14H,15-16H2,1-2H3,(H,25,27). The number of hydrogen-bond donors (Lipinski definition) is 1.